The van der Waals surface area contributed by atoms with Crippen LogP contribution in [0.15, 0.2) is 17.6 Å². The van der Waals surface area contributed by atoms with Gasteiger partial charge in [-0.1, -0.05) is 13.8 Å². The highest BCUT2D eigenvalue weighted by atomic mass is 32.2. The van der Waals surface area contributed by atoms with Crippen LogP contribution in [0.4, 0.5) is 0 Å². The first-order valence-corrected chi connectivity index (χ1v) is 7.48. The molecule has 2 unspecified atom stereocenters. The summed E-state index contributed by atoms with van der Waals surface area (Å²) in [6, 6.07) is -0.109. The highest BCUT2D eigenvalue weighted by Crippen LogP contribution is 2.43. The Morgan fingerprint density at radius 2 is 2.33 bits per heavy atom. The van der Waals surface area contributed by atoms with Gasteiger partial charge < -0.3 is 9.72 Å². The van der Waals surface area contributed by atoms with Gasteiger partial charge in [0.25, 0.3) is 10.0 Å². The molecule has 0 amide bonds. The van der Waals surface area contributed by atoms with E-state index in [-0.39, 0.29) is 22.6 Å². The van der Waals surface area contributed by atoms with E-state index in [4.69, 9.17) is 4.74 Å². The van der Waals surface area contributed by atoms with Gasteiger partial charge in [0.05, 0.1) is 18.6 Å². The molecule has 18 heavy (non-hydrogen) atoms. The molecule has 2 rings (SSSR count). The molecular formula is C11H19N3O3S. The van der Waals surface area contributed by atoms with Crippen molar-refractivity contribution >= 4 is 10.0 Å². The Balaban J connectivity index is 2.04. The largest absolute Gasteiger partial charge is 0.378 e. The van der Waals surface area contributed by atoms with Crippen molar-refractivity contribution in [2.45, 2.75) is 44.4 Å². The van der Waals surface area contributed by atoms with Crippen LogP contribution < -0.4 is 4.72 Å². The second kappa shape index (κ2) is 4.64. The summed E-state index contributed by atoms with van der Waals surface area (Å²) >= 11 is 0. The lowest BCUT2D eigenvalue weighted by atomic mass is 9.65. The average Bonchev–Trinajstić information content (AvgIpc) is 2.82. The van der Waals surface area contributed by atoms with Crippen LogP contribution >= 0.6 is 0 Å². The summed E-state index contributed by atoms with van der Waals surface area (Å²) in [5.74, 6) is 0. The van der Waals surface area contributed by atoms with Crippen molar-refractivity contribution in [1.82, 2.24) is 14.7 Å². The summed E-state index contributed by atoms with van der Waals surface area (Å²) < 4.78 is 32.3. The molecule has 0 aliphatic heterocycles. The van der Waals surface area contributed by atoms with Gasteiger partial charge in [0.15, 0.2) is 5.03 Å². The van der Waals surface area contributed by atoms with E-state index in [1.54, 1.807) is 0 Å². The number of rotatable bonds is 5. The van der Waals surface area contributed by atoms with E-state index in [0.29, 0.717) is 13.0 Å². The van der Waals surface area contributed by atoms with E-state index >= 15 is 0 Å². The molecule has 0 radical (unpaired) electrons. The van der Waals surface area contributed by atoms with Crippen LogP contribution in [0.5, 0.6) is 0 Å². The molecule has 1 fully saturated rings. The number of aromatic nitrogens is 2. The van der Waals surface area contributed by atoms with E-state index in [0.717, 1.165) is 0 Å². The van der Waals surface area contributed by atoms with Crippen LogP contribution in [0, 0.1) is 5.41 Å². The molecule has 1 heterocycles. The lowest BCUT2D eigenvalue weighted by molar-refractivity contribution is -0.108. The molecule has 2 atom stereocenters. The van der Waals surface area contributed by atoms with Gasteiger partial charge in [0.2, 0.25) is 0 Å². The standard InChI is InChI=1S/C11H19N3O3S/c1-4-17-9-5-8(11(9,2)3)14-18(15,16)10-6-12-7-13-10/h6-9,14H,4-5H2,1-3H3,(H,12,13). The minimum absolute atomic E-state index is 0.0955. The smallest absolute Gasteiger partial charge is 0.257 e. The molecule has 1 aliphatic rings. The predicted octanol–water partition coefficient (Wildman–Crippen LogP) is 0.892. The Hall–Kier alpha value is -0.920. The number of nitrogens with zero attached hydrogens (tertiary/aromatic N) is 1. The monoisotopic (exact) mass is 273 g/mol. The summed E-state index contributed by atoms with van der Waals surface area (Å²) in [6.07, 6.45) is 3.46. The van der Waals surface area contributed by atoms with Crippen LogP contribution in [0.3, 0.4) is 0 Å². The maximum Gasteiger partial charge on any atom is 0.257 e. The molecule has 1 aromatic heterocycles. The second-order valence-corrected chi connectivity index (χ2v) is 6.77. The van der Waals surface area contributed by atoms with Crippen molar-refractivity contribution in [3.8, 4) is 0 Å². The summed E-state index contributed by atoms with van der Waals surface area (Å²) in [4.78, 5) is 6.32. The number of imidazole rings is 1. The minimum Gasteiger partial charge on any atom is -0.378 e. The molecule has 1 aliphatic carbocycles. The van der Waals surface area contributed by atoms with E-state index in [1.807, 2.05) is 20.8 Å². The molecule has 0 bridgehead atoms. The Morgan fingerprint density at radius 1 is 1.61 bits per heavy atom. The van der Waals surface area contributed by atoms with Gasteiger partial charge in [-0.3, -0.25) is 0 Å². The van der Waals surface area contributed by atoms with Crippen molar-refractivity contribution < 1.29 is 13.2 Å². The molecule has 0 aromatic carbocycles. The quantitative estimate of drug-likeness (QED) is 0.834. The predicted molar refractivity (Wildman–Crippen MR) is 66.5 cm³/mol. The first-order valence-electron chi connectivity index (χ1n) is 6.00. The number of H-pyrrole nitrogens is 1. The third-order valence-corrected chi connectivity index (χ3v) is 5.00. The normalized spacial score (nSPS) is 26.8. The van der Waals surface area contributed by atoms with Crippen molar-refractivity contribution in [3.63, 3.8) is 0 Å². The van der Waals surface area contributed by atoms with E-state index in [1.165, 1.54) is 12.5 Å². The van der Waals surface area contributed by atoms with Crippen molar-refractivity contribution in [2.75, 3.05) is 6.61 Å². The molecule has 0 spiro atoms. The molecule has 102 valence electrons. The van der Waals surface area contributed by atoms with Crippen molar-refractivity contribution in [3.05, 3.63) is 12.5 Å². The SMILES string of the molecule is CCOC1CC(NS(=O)(=O)c2cnc[nH]2)C1(C)C. The molecular weight excluding hydrogens is 254 g/mol. The van der Waals surface area contributed by atoms with Gasteiger partial charge in [-0.2, -0.15) is 0 Å². The molecule has 2 N–H and O–H groups in total. The Bertz CT molecular complexity index is 496. The van der Waals surface area contributed by atoms with Crippen LogP contribution in [0.1, 0.15) is 27.2 Å². The fourth-order valence-electron chi connectivity index (χ4n) is 2.21. The maximum atomic E-state index is 12.0. The summed E-state index contributed by atoms with van der Waals surface area (Å²) in [7, 11) is -3.51. The van der Waals surface area contributed by atoms with E-state index in [2.05, 4.69) is 14.7 Å². The van der Waals surface area contributed by atoms with Gasteiger partial charge in [-0.25, -0.2) is 18.1 Å². The Kier molecular flexibility index (Phi) is 3.48. The molecule has 1 saturated carbocycles. The number of ether oxygens (including phenoxy) is 1. The minimum atomic E-state index is -3.51. The molecule has 0 saturated heterocycles. The zero-order valence-corrected chi connectivity index (χ0v) is 11.6. The van der Waals surface area contributed by atoms with Crippen molar-refractivity contribution in [2.24, 2.45) is 5.41 Å². The zero-order chi connectivity index (χ0) is 13.4. The summed E-state index contributed by atoms with van der Waals surface area (Å²) in [5, 5.41) is 0.0955. The lowest BCUT2D eigenvalue weighted by Crippen LogP contribution is -2.61. The average molecular weight is 273 g/mol. The van der Waals surface area contributed by atoms with Crippen molar-refractivity contribution in [1.29, 1.82) is 0 Å². The van der Waals surface area contributed by atoms with Crippen LogP contribution in [-0.2, 0) is 14.8 Å². The third kappa shape index (κ3) is 2.30. The van der Waals surface area contributed by atoms with E-state index in [9.17, 15) is 8.42 Å². The lowest BCUT2D eigenvalue weighted by Gasteiger charge is -2.51. The van der Waals surface area contributed by atoms with Gasteiger partial charge in [0, 0.05) is 18.1 Å². The number of hydrogen-bond donors (Lipinski definition) is 2. The third-order valence-electron chi connectivity index (χ3n) is 3.61. The van der Waals surface area contributed by atoms with Gasteiger partial charge in [-0.05, 0) is 13.3 Å². The number of hydrogen-bond acceptors (Lipinski definition) is 4. The van der Waals surface area contributed by atoms with Crippen LogP contribution in [0.25, 0.3) is 0 Å². The zero-order valence-electron chi connectivity index (χ0n) is 10.8. The van der Waals surface area contributed by atoms with Gasteiger partial charge in [0.1, 0.15) is 0 Å². The number of nitrogens with one attached hydrogen (secondary N) is 2. The highest BCUT2D eigenvalue weighted by molar-refractivity contribution is 7.89. The molecule has 6 nitrogen and oxygen atoms in total. The van der Waals surface area contributed by atoms with Gasteiger partial charge >= 0.3 is 0 Å². The molecule has 1 aromatic rings. The summed E-state index contributed by atoms with van der Waals surface area (Å²) in [5.41, 5.74) is -0.191. The highest BCUT2D eigenvalue weighted by Gasteiger charge is 2.50. The fourth-order valence-corrected chi connectivity index (χ4v) is 3.52. The molecule has 7 heteroatoms. The Morgan fingerprint density at radius 3 is 2.83 bits per heavy atom. The first kappa shape index (κ1) is 13.5. The van der Waals surface area contributed by atoms with Crippen LogP contribution in [0.2, 0.25) is 0 Å². The second-order valence-electron chi connectivity index (χ2n) is 5.09. The maximum absolute atomic E-state index is 12.0. The Labute approximate surface area is 107 Å². The topological polar surface area (TPSA) is 84.1 Å². The number of aromatic amines is 1. The van der Waals surface area contributed by atoms with Crippen LogP contribution in [-0.4, -0.2) is 37.1 Å². The van der Waals surface area contributed by atoms with Gasteiger partial charge in [-0.15, -0.1) is 0 Å². The fraction of sp³-hybridized carbons (Fsp3) is 0.727. The number of sulfonamides is 1. The first-order chi connectivity index (χ1) is 8.38. The van der Waals surface area contributed by atoms with E-state index < -0.39 is 10.0 Å². The summed E-state index contributed by atoms with van der Waals surface area (Å²) in [6.45, 7) is 6.61.